The van der Waals surface area contributed by atoms with Crippen molar-refractivity contribution in [2.24, 2.45) is 0 Å². The summed E-state index contributed by atoms with van der Waals surface area (Å²) >= 11 is 3.47. The van der Waals surface area contributed by atoms with Gasteiger partial charge in [-0.05, 0) is 23.3 Å². The molecule has 2 aromatic carbocycles. The number of benzene rings is 2. The third-order valence-corrected chi connectivity index (χ3v) is 3.57. The molecular formula is C15H11BrO2. The van der Waals surface area contributed by atoms with Crippen molar-refractivity contribution in [3.63, 3.8) is 0 Å². The van der Waals surface area contributed by atoms with Gasteiger partial charge in [0, 0.05) is 10.0 Å². The van der Waals surface area contributed by atoms with Crippen LogP contribution in [0.2, 0.25) is 0 Å². The number of ether oxygens (including phenoxy) is 1. The maximum absolute atomic E-state index is 11.7. The van der Waals surface area contributed by atoms with E-state index in [1.165, 1.54) is 0 Å². The standard InChI is InChI=1S/C15H11BrO2/c16-12-7-6-11-8-14(17)18-15(13(11)9-12)10-4-2-1-3-5-10/h1-7,9,15H,8H2. The molecule has 18 heavy (non-hydrogen) atoms. The summed E-state index contributed by atoms with van der Waals surface area (Å²) in [4.78, 5) is 11.7. The summed E-state index contributed by atoms with van der Waals surface area (Å²) in [6.45, 7) is 0. The minimum absolute atomic E-state index is 0.168. The number of halogens is 1. The number of carbonyl (C=O) groups excluding carboxylic acids is 1. The molecule has 1 unspecified atom stereocenters. The van der Waals surface area contributed by atoms with Crippen LogP contribution in [-0.4, -0.2) is 5.97 Å². The van der Waals surface area contributed by atoms with Gasteiger partial charge in [0.15, 0.2) is 6.10 Å². The molecule has 1 aliphatic heterocycles. The van der Waals surface area contributed by atoms with Crippen LogP contribution in [0.5, 0.6) is 0 Å². The van der Waals surface area contributed by atoms with Gasteiger partial charge in [0.05, 0.1) is 6.42 Å². The molecule has 0 N–H and O–H groups in total. The summed E-state index contributed by atoms with van der Waals surface area (Å²) < 4.78 is 6.49. The number of hydrogen-bond acceptors (Lipinski definition) is 2. The number of hydrogen-bond donors (Lipinski definition) is 0. The minimum atomic E-state index is -0.292. The molecule has 1 heterocycles. The topological polar surface area (TPSA) is 26.3 Å². The first kappa shape index (κ1) is 11.5. The maximum Gasteiger partial charge on any atom is 0.311 e. The van der Waals surface area contributed by atoms with Gasteiger partial charge in [-0.3, -0.25) is 4.79 Å². The average molecular weight is 303 g/mol. The second-order valence-corrected chi connectivity index (χ2v) is 5.22. The van der Waals surface area contributed by atoms with Gasteiger partial charge >= 0.3 is 5.97 Å². The lowest BCUT2D eigenvalue weighted by Gasteiger charge is -2.26. The highest BCUT2D eigenvalue weighted by Crippen LogP contribution is 2.34. The summed E-state index contributed by atoms with van der Waals surface area (Å²) in [6, 6.07) is 15.8. The number of rotatable bonds is 1. The summed E-state index contributed by atoms with van der Waals surface area (Å²) in [5.41, 5.74) is 3.11. The summed E-state index contributed by atoms with van der Waals surface area (Å²) in [6.07, 6.45) is 0.0614. The number of esters is 1. The average Bonchev–Trinajstić information content (AvgIpc) is 2.39. The van der Waals surface area contributed by atoms with E-state index < -0.39 is 0 Å². The zero-order chi connectivity index (χ0) is 12.5. The van der Waals surface area contributed by atoms with Crippen molar-refractivity contribution in [1.82, 2.24) is 0 Å². The van der Waals surface area contributed by atoms with E-state index in [0.717, 1.165) is 21.2 Å². The van der Waals surface area contributed by atoms with Crippen LogP contribution in [-0.2, 0) is 16.0 Å². The fourth-order valence-electron chi connectivity index (χ4n) is 2.24. The third-order valence-electron chi connectivity index (χ3n) is 3.08. The number of carbonyl (C=O) groups is 1. The van der Waals surface area contributed by atoms with E-state index in [0.29, 0.717) is 6.42 Å². The van der Waals surface area contributed by atoms with Crippen LogP contribution in [0.1, 0.15) is 22.8 Å². The minimum Gasteiger partial charge on any atom is -0.452 e. The Hall–Kier alpha value is -1.61. The fraction of sp³-hybridized carbons (Fsp3) is 0.133. The molecule has 3 heteroatoms. The molecule has 0 aromatic heterocycles. The van der Waals surface area contributed by atoms with Crippen LogP contribution in [0, 0.1) is 0 Å². The zero-order valence-corrected chi connectivity index (χ0v) is 11.2. The van der Waals surface area contributed by atoms with Crippen LogP contribution < -0.4 is 0 Å². The Morgan fingerprint density at radius 2 is 1.89 bits per heavy atom. The summed E-state index contributed by atoms with van der Waals surface area (Å²) in [7, 11) is 0. The molecule has 0 fully saturated rings. The predicted molar refractivity (Wildman–Crippen MR) is 72.2 cm³/mol. The second-order valence-electron chi connectivity index (χ2n) is 4.30. The Kier molecular flexibility index (Phi) is 2.92. The van der Waals surface area contributed by atoms with E-state index in [-0.39, 0.29) is 12.1 Å². The lowest BCUT2D eigenvalue weighted by Crippen LogP contribution is -2.22. The largest absolute Gasteiger partial charge is 0.452 e. The quantitative estimate of drug-likeness (QED) is 0.752. The molecule has 2 aromatic rings. The Balaban J connectivity index is 2.12. The van der Waals surface area contributed by atoms with Gasteiger partial charge in [-0.2, -0.15) is 0 Å². The summed E-state index contributed by atoms with van der Waals surface area (Å²) in [5, 5.41) is 0. The lowest BCUT2D eigenvalue weighted by atomic mass is 9.93. The van der Waals surface area contributed by atoms with Crippen LogP contribution in [0.4, 0.5) is 0 Å². The van der Waals surface area contributed by atoms with Crippen LogP contribution in [0.15, 0.2) is 53.0 Å². The Labute approximate surface area is 114 Å². The first-order valence-corrected chi connectivity index (χ1v) is 6.56. The Morgan fingerprint density at radius 1 is 1.11 bits per heavy atom. The molecule has 0 spiro atoms. The first-order valence-electron chi connectivity index (χ1n) is 5.77. The molecule has 0 amide bonds. The highest BCUT2D eigenvalue weighted by atomic mass is 79.9. The van der Waals surface area contributed by atoms with Gasteiger partial charge in [-0.15, -0.1) is 0 Å². The highest BCUT2D eigenvalue weighted by molar-refractivity contribution is 9.10. The van der Waals surface area contributed by atoms with Crippen molar-refractivity contribution in [2.75, 3.05) is 0 Å². The van der Waals surface area contributed by atoms with E-state index in [2.05, 4.69) is 15.9 Å². The molecule has 0 aliphatic carbocycles. The van der Waals surface area contributed by atoms with Crippen molar-refractivity contribution >= 4 is 21.9 Å². The van der Waals surface area contributed by atoms with Gasteiger partial charge in [0.2, 0.25) is 0 Å². The predicted octanol–water partition coefficient (Wildman–Crippen LogP) is 3.64. The molecule has 0 radical (unpaired) electrons. The van der Waals surface area contributed by atoms with Crippen LogP contribution in [0.25, 0.3) is 0 Å². The molecule has 2 nitrogen and oxygen atoms in total. The molecule has 90 valence electrons. The highest BCUT2D eigenvalue weighted by Gasteiger charge is 2.27. The SMILES string of the molecule is O=C1Cc2ccc(Br)cc2C(c2ccccc2)O1. The maximum atomic E-state index is 11.7. The molecule has 1 atom stereocenters. The second kappa shape index (κ2) is 4.58. The van der Waals surface area contributed by atoms with Gasteiger partial charge in [0.1, 0.15) is 0 Å². The third kappa shape index (κ3) is 2.06. The Bertz CT molecular complexity index is 593. The lowest BCUT2D eigenvalue weighted by molar-refractivity contribution is -0.148. The van der Waals surface area contributed by atoms with E-state index in [9.17, 15) is 4.79 Å². The van der Waals surface area contributed by atoms with E-state index in [1.807, 2.05) is 48.5 Å². The van der Waals surface area contributed by atoms with Crippen LogP contribution >= 0.6 is 15.9 Å². The van der Waals surface area contributed by atoms with Crippen LogP contribution in [0.3, 0.4) is 0 Å². The number of cyclic esters (lactones) is 1. The Morgan fingerprint density at radius 3 is 2.67 bits per heavy atom. The normalized spacial score (nSPS) is 18.1. The molecule has 0 bridgehead atoms. The van der Waals surface area contributed by atoms with E-state index in [4.69, 9.17) is 4.74 Å². The zero-order valence-electron chi connectivity index (χ0n) is 9.60. The summed E-state index contributed by atoms with van der Waals surface area (Å²) in [5.74, 6) is -0.168. The molecule has 0 saturated heterocycles. The van der Waals surface area contributed by atoms with Crippen molar-refractivity contribution in [2.45, 2.75) is 12.5 Å². The van der Waals surface area contributed by atoms with Crippen molar-refractivity contribution in [3.8, 4) is 0 Å². The molecule has 1 aliphatic rings. The number of fused-ring (bicyclic) bond motifs is 1. The van der Waals surface area contributed by atoms with Crippen molar-refractivity contribution in [3.05, 3.63) is 69.7 Å². The van der Waals surface area contributed by atoms with E-state index >= 15 is 0 Å². The first-order chi connectivity index (χ1) is 8.74. The smallest absolute Gasteiger partial charge is 0.311 e. The van der Waals surface area contributed by atoms with Gasteiger partial charge in [0.25, 0.3) is 0 Å². The molecular weight excluding hydrogens is 292 g/mol. The molecule has 3 rings (SSSR count). The van der Waals surface area contributed by atoms with Gasteiger partial charge < -0.3 is 4.74 Å². The van der Waals surface area contributed by atoms with E-state index in [1.54, 1.807) is 0 Å². The van der Waals surface area contributed by atoms with Crippen molar-refractivity contribution in [1.29, 1.82) is 0 Å². The monoisotopic (exact) mass is 302 g/mol. The van der Waals surface area contributed by atoms with Gasteiger partial charge in [-0.25, -0.2) is 0 Å². The van der Waals surface area contributed by atoms with Crippen molar-refractivity contribution < 1.29 is 9.53 Å². The molecule has 0 saturated carbocycles. The van der Waals surface area contributed by atoms with Gasteiger partial charge in [-0.1, -0.05) is 52.3 Å². The fourth-order valence-corrected chi connectivity index (χ4v) is 2.62.